The van der Waals surface area contributed by atoms with Gasteiger partial charge in [0.25, 0.3) is 0 Å². The number of nitrogens with one attached hydrogen (secondary N) is 1. The Balaban J connectivity index is 2.37. The van der Waals surface area contributed by atoms with E-state index in [2.05, 4.69) is 11.4 Å². The maximum Gasteiger partial charge on any atom is 0.100 e. The molecule has 2 unspecified atom stereocenters. The van der Waals surface area contributed by atoms with Crippen molar-refractivity contribution >= 4 is 22.1 Å². The van der Waals surface area contributed by atoms with E-state index in [0.29, 0.717) is 11.3 Å². The Labute approximate surface area is 96.6 Å². The van der Waals surface area contributed by atoms with Crippen molar-refractivity contribution in [3.8, 4) is 6.07 Å². The van der Waals surface area contributed by atoms with Crippen LogP contribution in [0.1, 0.15) is 17.4 Å². The summed E-state index contributed by atoms with van der Waals surface area (Å²) in [6.07, 6.45) is 1.71. The molecule has 0 aromatic carbocycles. The third-order valence-electron chi connectivity index (χ3n) is 1.89. The monoisotopic (exact) mass is 242 g/mol. The van der Waals surface area contributed by atoms with Gasteiger partial charge in [-0.15, -0.1) is 11.3 Å². The molecule has 1 aromatic heterocycles. The number of hydrogen-bond acceptors (Lipinski definition) is 4. The molecule has 1 rings (SSSR count). The average Bonchev–Trinajstić information content (AvgIpc) is 2.61. The molecule has 1 N–H and O–H groups in total. The fourth-order valence-electron chi connectivity index (χ4n) is 1.22. The van der Waals surface area contributed by atoms with E-state index in [1.54, 1.807) is 17.6 Å². The van der Waals surface area contributed by atoms with Crippen LogP contribution in [0.2, 0.25) is 0 Å². The first kappa shape index (κ1) is 12.4. The molecule has 0 aliphatic heterocycles. The molecule has 0 saturated heterocycles. The van der Waals surface area contributed by atoms with Crippen molar-refractivity contribution in [3.63, 3.8) is 0 Å². The molecule has 0 aliphatic rings. The van der Waals surface area contributed by atoms with Crippen LogP contribution in [0.15, 0.2) is 11.4 Å². The summed E-state index contributed by atoms with van der Waals surface area (Å²) in [5, 5.41) is 13.8. The van der Waals surface area contributed by atoms with Crippen LogP contribution in [-0.2, 0) is 17.3 Å². The van der Waals surface area contributed by atoms with Gasteiger partial charge in [-0.05, 0) is 13.0 Å². The van der Waals surface area contributed by atoms with Crippen molar-refractivity contribution in [3.05, 3.63) is 21.9 Å². The van der Waals surface area contributed by atoms with Gasteiger partial charge >= 0.3 is 0 Å². The molecule has 5 heteroatoms. The minimum atomic E-state index is -0.761. The van der Waals surface area contributed by atoms with Gasteiger partial charge < -0.3 is 5.32 Å². The van der Waals surface area contributed by atoms with E-state index in [4.69, 9.17) is 5.26 Å². The van der Waals surface area contributed by atoms with Gasteiger partial charge in [0.05, 0.1) is 5.56 Å². The lowest BCUT2D eigenvalue weighted by atomic mass is 10.3. The van der Waals surface area contributed by atoms with Crippen LogP contribution in [0, 0.1) is 11.3 Å². The molecule has 3 nitrogen and oxygen atoms in total. The first-order valence-corrected chi connectivity index (χ1v) is 7.23. The molecule has 2 atom stereocenters. The summed E-state index contributed by atoms with van der Waals surface area (Å²) in [5.41, 5.74) is 0.712. The molecular formula is C10H14N2OS2. The molecule has 0 saturated carbocycles. The molecule has 15 heavy (non-hydrogen) atoms. The Hall–Kier alpha value is -0.700. The number of nitrogens with zero attached hydrogens (tertiary/aromatic N) is 1. The highest BCUT2D eigenvalue weighted by Crippen LogP contribution is 2.13. The average molecular weight is 242 g/mol. The van der Waals surface area contributed by atoms with Gasteiger partial charge in [0.15, 0.2) is 0 Å². The van der Waals surface area contributed by atoms with Crippen molar-refractivity contribution in [2.45, 2.75) is 19.5 Å². The summed E-state index contributed by atoms with van der Waals surface area (Å²) >= 11 is 1.57. The molecule has 0 amide bonds. The summed E-state index contributed by atoms with van der Waals surface area (Å²) in [6, 6.07) is 4.22. The lowest BCUT2D eigenvalue weighted by Crippen LogP contribution is -2.30. The molecule has 0 radical (unpaired) electrons. The van der Waals surface area contributed by atoms with Crippen LogP contribution in [0.5, 0.6) is 0 Å². The van der Waals surface area contributed by atoms with E-state index in [-0.39, 0.29) is 6.04 Å². The summed E-state index contributed by atoms with van der Waals surface area (Å²) in [4.78, 5) is 1.14. The van der Waals surface area contributed by atoms with E-state index in [1.165, 1.54) is 0 Å². The highest BCUT2D eigenvalue weighted by atomic mass is 32.2. The molecule has 0 aliphatic carbocycles. The van der Waals surface area contributed by atoms with Gasteiger partial charge in [0, 0.05) is 45.7 Å². The van der Waals surface area contributed by atoms with Gasteiger partial charge in [-0.3, -0.25) is 4.21 Å². The second-order valence-corrected chi connectivity index (χ2v) is 5.91. The van der Waals surface area contributed by atoms with Crippen LogP contribution in [0.4, 0.5) is 0 Å². The topological polar surface area (TPSA) is 52.9 Å². The zero-order chi connectivity index (χ0) is 11.3. The van der Waals surface area contributed by atoms with Gasteiger partial charge in [-0.2, -0.15) is 5.26 Å². The molecule has 0 spiro atoms. The summed E-state index contributed by atoms with van der Waals surface area (Å²) in [5.74, 6) is 0.663. The normalized spacial score (nSPS) is 14.5. The smallest absolute Gasteiger partial charge is 0.100 e. The van der Waals surface area contributed by atoms with Crippen molar-refractivity contribution in [2.24, 2.45) is 0 Å². The Morgan fingerprint density at radius 1 is 1.73 bits per heavy atom. The second kappa shape index (κ2) is 6.01. The fraction of sp³-hybridized carbons (Fsp3) is 0.500. The van der Waals surface area contributed by atoms with Crippen LogP contribution < -0.4 is 5.32 Å². The van der Waals surface area contributed by atoms with E-state index in [0.717, 1.165) is 11.4 Å². The summed E-state index contributed by atoms with van der Waals surface area (Å²) < 4.78 is 10.9. The number of nitriles is 1. The van der Waals surface area contributed by atoms with Crippen LogP contribution in [0.3, 0.4) is 0 Å². The number of rotatable bonds is 5. The van der Waals surface area contributed by atoms with Gasteiger partial charge in [-0.25, -0.2) is 0 Å². The molecule has 1 heterocycles. The Morgan fingerprint density at radius 3 is 3.00 bits per heavy atom. The van der Waals surface area contributed by atoms with E-state index < -0.39 is 10.8 Å². The molecule has 0 fully saturated rings. The predicted molar refractivity (Wildman–Crippen MR) is 64.3 cm³/mol. The SMILES string of the molecule is CC(CS(C)=O)NCc1cc(C#N)cs1. The first-order valence-electron chi connectivity index (χ1n) is 4.62. The van der Waals surface area contributed by atoms with Gasteiger partial charge in [-0.1, -0.05) is 0 Å². The van der Waals surface area contributed by atoms with Gasteiger partial charge in [0.2, 0.25) is 0 Å². The highest BCUT2D eigenvalue weighted by molar-refractivity contribution is 7.84. The molecular weight excluding hydrogens is 228 g/mol. The minimum Gasteiger partial charge on any atom is -0.308 e. The van der Waals surface area contributed by atoms with Crippen LogP contribution >= 0.6 is 11.3 Å². The Bertz CT molecular complexity index is 381. The van der Waals surface area contributed by atoms with Crippen molar-refractivity contribution in [1.82, 2.24) is 5.32 Å². The third-order valence-corrected chi connectivity index (χ3v) is 3.80. The molecule has 1 aromatic rings. The zero-order valence-electron chi connectivity index (χ0n) is 8.82. The van der Waals surface area contributed by atoms with E-state index in [1.807, 2.05) is 18.4 Å². The quantitative estimate of drug-likeness (QED) is 0.851. The lowest BCUT2D eigenvalue weighted by Gasteiger charge is -2.10. The predicted octanol–water partition coefficient (Wildman–Crippen LogP) is 1.48. The summed E-state index contributed by atoms with van der Waals surface area (Å²) in [6.45, 7) is 2.75. The van der Waals surface area contributed by atoms with Crippen molar-refractivity contribution in [2.75, 3.05) is 12.0 Å². The molecule has 82 valence electrons. The zero-order valence-corrected chi connectivity index (χ0v) is 10.5. The maximum atomic E-state index is 10.9. The maximum absolute atomic E-state index is 10.9. The van der Waals surface area contributed by atoms with Crippen molar-refractivity contribution in [1.29, 1.82) is 5.26 Å². The lowest BCUT2D eigenvalue weighted by molar-refractivity contribution is 0.591. The standard InChI is InChI=1S/C10H14N2OS2/c1-8(7-15(2)13)12-5-10-3-9(4-11)6-14-10/h3,6,8,12H,5,7H2,1-2H3. The fourth-order valence-corrected chi connectivity index (χ4v) is 2.80. The highest BCUT2D eigenvalue weighted by Gasteiger charge is 2.05. The summed E-state index contributed by atoms with van der Waals surface area (Å²) in [7, 11) is -0.761. The number of thiophene rings is 1. The van der Waals surface area contributed by atoms with E-state index >= 15 is 0 Å². The third kappa shape index (κ3) is 4.56. The van der Waals surface area contributed by atoms with Crippen molar-refractivity contribution < 1.29 is 4.21 Å². The van der Waals surface area contributed by atoms with Crippen LogP contribution in [0.25, 0.3) is 0 Å². The second-order valence-electron chi connectivity index (χ2n) is 3.44. The minimum absolute atomic E-state index is 0.239. The Morgan fingerprint density at radius 2 is 2.47 bits per heavy atom. The molecule has 0 bridgehead atoms. The first-order chi connectivity index (χ1) is 7.11. The van der Waals surface area contributed by atoms with Crippen LogP contribution in [-0.4, -0.2) is 22.3 Å². The van der Waals surface area contributed by atoms with Gasteiger partial charge in [0.1, 0.15) is 6.07 Å². The number of hydrogen-bond donors (Lipinski definition) is 1. The largest absolute Gasteiger partial charge is 0.308 e. The van der Waals surface area contributed by atoms with E-state index in [9.17, 15) is 4.21 Å². The Kier molecular flexibility index (Phi) is 4.95.